The van der Waals surface area contributed by atoms with Gasteiger partial charge in [-0.25, -0.2) is 9.97 Å². The van der Waals surface area contributed by atoms with Crippen molar-refractivity contribution in [2.45, 2.75) is 13.5 Å². The summed E-state index contributed by atoms with van der Waals surface area (Å²) in [7, 11) is 0. The first kappa shape index (κ1) is 25.8. The van der Waals surface area contributed by atoms with Crippen LogP contribution in [0.15, 0.2) is 54.9 Å². The predicted molar refractivity (Wildman–Crippen MR) is 153 cm³/mol. The molecule has 0 aliphatic carbocycles. The maximum Gasteiger partial charge on any atom is 0.134 e. The van der Waals surface area contributed by atoms with Gasteiger partial charge in [0.2, 0.25) is 0 Å². The minimum absolute atomic E-state index is 0.320. The van der Waals surface area contributed by atoms with E-state index < -0.39 is 0 Å². The summed E-state index contributed by atoms with van der Waals surface area (Å²) >= 11 is 6.38. The molecule has 0 spiro atoms. The molecule has 0 atom stereocenters. The molecule has 0 radical (unpaired) electrons. The van der Waals surface area contributed by atoms with Gasteiger partial charge in [-0.3, -0.25) is 15.3 Å². The number of anilines is 3. The molecule has 0 bridgehead atoms. The molecule has 0 saturated carbocycles. The first-order valence-corrected chi connectivity index (χ1v) is 13.6. The molecule has 0 amide bonds. The molecule has 202 valence electrons. The zero-order valence-corrected chi connectivity index (χ0v) is 22.7. The summed E-state index contributed by atoms with van der Waals surface area (Å²) in [6.45, 7) is 8.42. The van der Waals surface area contributed by atoms with Crippen molar-refractivity contribution in [3.8, 4) is 11.4 Å². The van der Waals surface area contributed by atoms with Crippen LogP contribution in [0.4, 0.5) is 17.2 Å². The second kappa shape index (κ2) is 11.7. The van der Waals surface area contributed by atoms with Crippen molar-refractivity contribution in [2.24, 2.45) is 0 Å². The highest BCUT2D eigenvalue weighted by Crippen LogP contribution is 2.34. The summed E-state index contributed by atoms with van der Waals surface area (Å²) < 4.78 is 11.1. The van der Waals surface area contributed by atoms with Gasteiger partial charge < -0.3 is 19.3 Å². The molecule has 6 rings (SSSR count). The van der Waals surface area contributed by atoms with Crippen molar-refractivity contribution < 1.29 is 14.3 Å². The number of ether oxygens (including phenoxy) is 2. The van der Waals surface area contributed by atoms with Crippen LogP contribution in [-0.4, -0.2) is 67.6 Å². The Hall–Kier alpha value is -3.50. The third-order valence-corrected chi connectivity index (χ3v) is 7.35. The Kier molecular flexibility index (Phi) is 7.74. The molecule has 2 saturated heterocycles. The number of aromatic nitrogens is 3. The van der Waals surface area contributed by atoms with Crippen molar-refractivity contribution in [3.05, 3.63) is 71.0 Å². The SMILES string of the molecule is Cc1c(-c2ccccn2)nc2ccc(Cl)cc2c1NOCc1cc(N2CCOCC2)cnc1N1CCOCC1. The van der Waals surface area contributed by atoms with E-state index in [-0.39, 0.29) is 0 Å². The summed E-state index contributed by atoms with van der Waals surface area (Å²) in [4.78, 5) is 25.1. The van der Waals surface area contributed by atoms with Crippen LogP contribution in [0.25, 0.3) is 22.3 Å². The number of morpholine rings is 2. The number of nitrogens with one attached hydrogen (secondary N) is 1. The molecule has 3 aromatic heterocycles. The van der Waals surface area contributed by atoms with E-state index in [2.05, 4.69) is 26.3 Å². The smallest absolute Gasteiger partial charge is 0.134 e. The number of halogens is 1. The fourth-order valence-electron chi connectivity index (χ4n) is 5.05. The van der Waals surface area contributed by atoms with Gasteiger partial charge in [0, 0.05) is 53.9 Å². The molecular formula is C29H31ClN6O3. The van der Waals surface area contributed by atoms with Crippen molar-refractivity contribution in [3.63, 3.8) is 0 Å². The first-order chi connectivity index (χ1) is 19.2. The lowest BCUT2D eigenvalue weighted by Crippen LogP contribution is -2.38. The van der Waals surface area contributed by atoms with Gasteiger partial charge >= 0.3 is 0 Å². The van der Waals surface area contributed by atoms with E-state index >= 15 is 0 Å². The summed E-state index contributed by atoms with van der Waals surface area (Å²) in [5.41, 5.74) is 9.46. The monoisotopic (exact) mass is 546 g/mol. The second-order valence-electron chi connectivity index (χ2n) is 9.60. The molecule has 1 aromatic carbocycles. The van der Waals surface area contributed by atoms with Gasteiger partial charge in [-0.05, 0) is 43.3 Å². The number of hydrogen-bond donors (Lipinski definition) is 1. The van der Waals surface area contributed by atoms with E-state index in [4.69, 9.17) is 35.9 Å². The third-order valence-electron chi connectivity index (χ3n) is 7.12. The van der Waals surface area contributed by atoms with Crippen LogP contribution in [-0.2, 0) is 20.9 Å². The van der Waals surface area contributed by atoms with Crippen LogP contribution >= 0.6 is 11.6 Å². The fourth-order valence-corrected chi connectivity index (χ4v) is 5.22. The molecule has 4 aromatic rings. The molecule has 5 heterocycles. The van der Waals surface area contributed by atoms with E-state index in [0.29, 0.717) is 38.1 Å². The largest absolute Gasteiger partial charge is 0.378 e. The van der Waals surface area contributed by atoms with Crippen molar-refractivity contribution in [1.29, 1.82) is 0 Å². The highest BCUT2D eigenvalue weighted by molar-refractivity contribution is 6.31. The molecule has 2 aliphatic heterocycles. The van der Waals surface area contributed by atoms with Crippen LogP contribution in [0.5, 0.6) is 0 Å². The minimum Gasteiger partial charge on any atom is -0.378 e. The summed E-state index contributed by atoms with van der Waals surface area (Å²) in [6, 6.07) is 13.7. The van der Waals surface area contributed by atoms with Crippen LogP contribution in [0.2, 0.25) is 5.02 Å². The molecule has 39 heavy (non-hydrogen) atoms. The summed E-state index contributed by atoms with van der Waals surface area (Å²) in [5, 5.41) is 1.52. The van der Waals surface area contributed by atoms with Gasteiger partial charge in [0.15, 0.2) is 0 Å². The zero-order chi connectivity index (χ0) is 26.6. The van der Waals surface area contributed by atoms with Gasteiger partial charge in [-0.1, -0.05) is 17.7 Å². The summed E-state index contributed by atoms with van der Waals surface area (Å²) in [6.07, 6.45) is 3.72. The number of rotatable bonds is 7. The number of benzene rings is 1. The highest BCUT2D eigenvalue weighted by Gasteiger charge is 2.20. The van der Waals surface area contributed by atoms with Gasteiger partial charge in [-0.15, -0.1) is 0 Å². The Labute approximate surface area is 232 Å². The molecule has 1 N–H and O–H groups in total. The molecule has 9 nitrogen and oxygen atoms in total. The van der Waals surface area contributed by atoms with Crippen molar-refractivity contribution >= 4 is 39.7 Å². The standard InChI is InChI=1S/C29H31ClN6O3/c1-20-27(24-17-22(30)5-6-25(24)33-28(20)26-4-2-3-7-31-26)34-39-19-21-16-23(35-8-12-37-13-9-35)18-32-29(21)36-10-14-38-15-11-36/h2-7,16-18H,8-15,19H2,1H3,(H,33,34). The van der Waals surface area contributed by atoms with Crippen LogP contribution in [0, 0.1) is 6.92 Å². The Morgan fingerprint density at radius 1 is 0.949 bits per heavy atom. The number of fused-ring (bicyclic) bond motifs is 1. The average Bonchev–Trinajstić information content (AvgIpc) is 2.99. The average molecular weight is 547 g/mol. The minimum atomic E-state index is 0.320. The third kappa shape index (κ3) is 5.62. The molecular weight excluding hydrogens is 516 g/mol. The fraction of sp³-hybridized carbons (Fsp3) is 0.345. The van der Waals surface area contributed by atoms with Gasteiger partial charge in [0.1, 0.15) is 12.4 Å². The second-order valence-corrected chi connectivity index (χ2v) is 10.0. The van der Waals surface area contributed by atoms with Crippen LogP contribution < -0.4 is 15.3 Å². The molecule has 2 fully saturated rings. The lowest BCUT2D eigenvalue weighted by Gasteiger charge is -2.32. The molecule has 2 aliphatic rings. The van der Waals surface area contributed by atoms with E-state index in [9.17, 15) is 0 Å². The van der Waals surface area contributed by atoms with E-state index in [0.717, 1.165) is 76.8 Å². The maximum atomic E-state index is 6.38. The van der Waals surface area contributed by atoms with Gasteiger partial charge in [-0.2, -0.15) is 0 Å². The summed E-state index contributed by atoms with van der Waals surface area (Å²) in [5.74, 6) is 0.922. The number of hydrogen-bond acceptors (Lipinski definition) is 9. The van der Waals surface area contributed by atoms with Gasteiger partial charge in [0.25, 0.3) is 0 Å². The first-order valence-electron chi connectivity index (χ1n) is 13.2. The lowest BCUT2D eigenvalue weighted by atomic mass is 10.0. The quantitative estimate of drug-likeness (QED) is 0.326. The Morgan fingerprint density at radius 3 is 2.46 bits per heavy atom. The maximum absolute atomic E-state index is 6.38. The Bertz CT molecular complexity index is 1440. The zero-order valence-electron chi connectivity index (χ0n) is 21.9. The Morgan fingerprint density at radius 2 is 1.72 bits per heavy atom. The van der Waals surface area contributed by atoms with E-state index in [1.165, 1.54) is 0 Å². The van der Waals surface area contributed by atoms with E-state index in [1.54, 1.807) is 6.20 Å². The van der Waals surface area contributed by atoms with Crippen LogP contribution in [0.3, 0.4) is 0 Å². The van der Waals surface area contributed by atoms with E-state index in [1.807, 2.05) is 49.5 Å². The molecule has 10 heteroatoms. The number of nitrogens with zero attached hydrogens (tertiary/aromatic N) is 5. The lowest BCUT2D eigenvalue weighted by molar-refractivity contribution is 0.121. The highest BCUT2D eigenvalue weighted by atomic mass is 35.5. The van der Waals surface area contributed by atoms with Crippen LogP contribution in [0.1, 0.15) is 11.1 Å². The Balaban J connectivity index is 1.31. The predicted octanol–water partition coefficient (Wildman–Crippen LogP) is 4.87. The van der Waals surface area contributed by atoms with Crippen molar-refractivity contribution in [1.82, 2.24) is 15.0 Å². The topological polar surface area (TPSA) is 84.9 Å². The van der Waals surface area contributed by atoms with Crippen molar-refractivity contribution in [2.75, 3.05) is 67.9 Å². The molecule has 0 unspecified atom stereocenters. The normalized spacial score (nSPS) is 16.1. The van der Waals surface area contributed by atoms with Gasteiger partial charge in [0.05, 0.1) is 60.9 Å². The number of pyridine rings is 3.